The van der Waals surface area contributed by atoms with Gasteiger partial charge < -0.3 is 4.43 Å². The predicted molar refractivity (Wildman–Crippen MR) is 70.0 cm³/mol. The van der Waals surface area contributed by atoms with E-state index in [1.807, 2.05) is 7.11 Å². The second-order valence-electron chi connectivity index (χ2n) is 5.33. The lowest BCUT2D eigenvalue weighted by molar-refractivity contribution is 0.288. The summed E-state index contributed by atoms with van der Waals surface area (Å²) < 4.78 is 5.21. The van der Waals surface area contributed by atoms with Crippen molar-refractivity contribution >= 4 is 9.76 Å². The quantitative estimate of drug-likeness (QED) is 0.478. The fourth-order valence-electron chi connectivity index (χ4n) is 2.85. The van der Waals surface area contributed by atoms with Crippen molar-refractivity contribution in [3.05, 3.63) is 0 Å². The van der Waals surface area contributed by atoms with E-state index in [1.165, 1.54) is 57.4 Å². The molecular formula is C13H28OSi. The summed E-state index contributed by atoms with van der Waals surface area (Å²) in [5.41, 5.74) is 0. The first-order valence-electron chi connectivity index (χ1n) is 6.82. The van der Waals surface area contributed by atoms with Crippen LogP contribution in [0.25, 0.3) is 0 Å². The van der Waals surface area contributed by atoms with Crippen LogP contribution in [0.3, 0.4) is 0 Å². The maximum Gasteiger partial charge on any atom is 0.161 e. The van der Waals surface area contributed by atoms with Gasteiger partial charge in [0, 0.05) is 7.11 Å². The maximum atomic E-state index is 5.21. The van der Waals surface area contributed by atoms with Crippen LogP contribution in [0.4, 0.5) is 0 Å². The van der Waals surface area contributed by atoms with Crippen molar-refractivity contribution in [2.75, 3.05) is 7.11 Å². The molecule has 1 unspecified atom stereocenters. The number of hydrogen-bond acceptors (Lipinski definition) is 1. The van der Waals surface area contributed by atoms with Crippen molar-refractivity contribution in [2.24, 2.45) is 11.8 Å². The van der Waals surface area contributed by atoms with Crippen LogP contribution in [0, 0.1) is 11.8 Å². The molecule has 0 amide bonds. The molecule has 0 saturated heterocycles. The van der Waals surface area contributed by atoms with Gasteiger partial charge in [0.15, 0.2) is 9.76 Å². The molecule has 1 atom stereocenters. The van der Waals surface area contributed by atoms with Gasteiger partial charge in [-0.05, 0) is 24.3 Å². The monoisotopic (exact) mass is 228 g/mol. The first kappa shape index (κ1) is 13.2. The van der Waals surface area contributed by atoms with Crippen LogP contribution < -0.4 is 0 Å². The van der Waals surface area contributed by atoms with E-state index in [0.717, 1.165) is 11.8 Å². The van der Waals surface area contributed by atoms with Gasteiger partial charge in [-0.3, -0.25) is 0 Å². The molecule has 0 bridgehead atoms. The highest BCUT2D eigenvalue weighted by atomic mass is 28.2. The second-order valence-corrected chi connectivity index (χ2v) is 7.03. The molecule has 90 valence electrons. The Morgan fingerprint density at radius 2 is 2.00 bits per heavy atom. The van der Waals surface area contributed by atoms with E-state index in [9.17, 15) is 0 Å². The fraction of sp³-hybridized carbons (Fsp3) is 1.00. The summed E-state index contributed by atoms with van der Waals surface area (Å²) in [5, 5.41) is 0. The molecule has 1 saturated carbocycles. The van der Waals surface area contributed by atoms with Crippen LogP contribution in [-0.2, 0) is 4.43 Å². The molecule has 15 heavy (non-hydrogen) atoms. The summed E-state index contributed by atoms with van der Waals surface area (Å²) in [5.74, 6) is 2.02. The van der Waals surface area contributed by atoms with Gasteiger partial charge in [-0.15, -0.1) is 0 Å². The molecule has 1 aliphatic rings. The molecule has 0 aromatic carbocycles. The average molecular weight is 228 g/mol. The van der Waals surface area contributed by atoms with E-state index in [0.29, 0.717) is 0 Å². The zero-order valence-corrected chi connectivity index (χ0v) is 12.0. The minimum atomic E-state index is -0.152. The van der Waals surface area contributed by atoms with E-state index in [1.54, 1.807) is 0 Å². The number of rotatable bonds is 7. The molecule has 1 fully saturated rings. The highest BCUT2D eigenvalue weighted by Crippen LogP contribution is 2.30. The summed E-state index contributed by atoms with van der Waals surface area (Å²) in [6.07, 6.45) is 11.8. The third kappa shape index (κ3) is 6.36. The van der Waals surface area contributed by atoms with Crippen molar-refractivity contribution in [3.63, 3.8) is 0 Å². The zero-order valence-electron chi connectivity index (χ0n) is 10.6. The summed E-state index contributed by atoms with van der Waals surface area (Å²) in [6, 6.07) is 1.38. The maximum absolute atomic E-state index is 5.21. The number of hydrogen-bond donors (Lipinski definition) is 0. The molecule has 0 spiro atoms. The van der Waals surface area contributed by atoms with E-state index < -0.39 is 0 Å². The molecule has 0 radical (unpaired) electrons. The highest BCUT2D eigenvalue weighted by molar-refractivity contribution is 6.26. The van der Waals surface area contributed by atoms with Crippen molar-refractivity contribution in [1.29, 1.82) is 0 Å². The second kappa shape index (κ2) is 8.34. The fourth-order valence-corrected chi connectivity index (χ4v) is 3.63. The predicted octanol–water partition coefficient (Wildman–Crippen LogP) is 3.52. The summed E-state index contributed by atoms with van der Waals surface area (Å²) in [6.45, 7) is 2.45. The lowest BCUT2D eigenvalue weighted by Crippen LogP contribution is -2.10. The van der Waals surface area contributed by atoms with E-state index >= 15 is 0 Å². The Morgan fingerprint density at radius 3 is 2.67 bits per heavy atom. The average Bonchev–Trinajstić information content (AvgIpc) is 2.26. The van der Waals surface area contributed by atoms with Gasteiger partial charge in [0.1, 0.15) is 0 Å². The highest BCUT2D eigenvalue weighted by Gasteiger charge is 2.15. The SMILES string of the molecule is CO[SiH2]CCCC(C)CC1CCCCC1. The molecule has 1 nitrogen and oxygen atoms in total. The van der Waals surface area contributed by atoms with Gasteiger partial charge in [-0.2, -0.15) is 0 Å². The Morgan fingerprint density at radius 1 is 1.27 bits per heavy atom. The van der Waals surface area contributed by atoms with Gasteiger partial charge in [-0.25, -0.2) is 0 Å². The summed E-state index contributed by atoms with van der Waals surface area (Å²) in [4.78, 5) is 0. The van der Waals surface area contributed by atoms with Gasteiger partial charge in [0.05, 0.1) is 0 Å². The van der Waals surface area contributed by atoms with Crippen molar-refractivity contribution in [1.82, 2.24) is 0 Å². The Kier molecular flexibility index (Phi) is 7.37. The van der Waals surface area contributed by atoms with Crippen LogP contribution >= 0.6 is 0 Å². The third-order valence-corrected chi connectivity index (χ3v) is 4.95. The molecule has 0 N–H and O–H groups in total. The Labute approximate surface area is 97.9 Å². The van der Waals surface area contributed by atoms with Gasteiger partial charge >= 0.3 is 0 Å². The molecule has 0 aromatic rings. The molecule has 2 heteroatoms. The van der Waals surface area contributed by atoms with Crippen LogP contribution in [0.15, 0.2) is 0 Å². The van der Waals surface area contributed by atoms with Crippen molar-refractivity contribution in [2.45, 2.75) is 64.3 Å². The molecule has 0 aromatic heterocycles. The van der Waals surface area contributed by atoms with Gasteiger partial charge in [-0.1, -0.05) is 51.9 Å². The first-order valence-corrected chi connectivity index (χ1v) is 8.39. The normalized spacial score (nSPS) is 21.2. The molecule has 1 rings (SSSR count). The lowest BCUT2D eigenvalue weighted by Gasteiger charge is -2.24. The summed E-state index contributed by atoms with van der Waals surface area (Å²) in [7, 11) is 1.71. The van der Waals surface area contributed by atoms with E-state index in [4.69, 9.17) is 4.43 Å². The van der Waals surface area contributed by atoms with Crippen LogP contribution in [0.1, 0.15) is 58.3 Å². The van der Waals surface area contributed by atoms with E-state index in [2.05, 4.69) is 6.92 Å². The standard InChI is InChI=1S/C13H28OSi/c1-12(7-6-10-15-14-2)11-13-8-4-3-5-9-13/h12-13H,3-11,15H2,1-2H3. The molecule has 0 heterocycles. The van der Waals surface area contributed by atoms with Crippen LogP contribution in [0.5, 0.6) is 0 Å². The minimum absolute atomic E-state index is 0.152. The minimum Gasteiger partial charge on any atom is -0.427 e. The lowest BCUT2D eigenvalue weighted by atomic mass is 9.82. The van der Waals surface area contributed by atoms with E-state index in [-0.39, 0.29) is 9.76 Å². The Balaban J connectivity index is 1.98. The topological polar surface area (TPSA) is 9.23 Å². The van der Waals surface area contributed by atoms with Gasteiger partial charge in [0.25, 0.3) is 0 Å². The summed E-state index contributed by atoms with van der Waals surface area (Å²) >= 11 is 0. The third-order valence-electron chi connectivity index (χ3n) is 3.76. The van der Waals surface area contributed by atoms with Crippen LogP contribution in [-0.4, -0.2) is 16.9 Å². The molecule has 1 aliphatic carbocycles. The Bertz CT molecular complexity index is 143. The van der Waals surface area contributed by atoms with Crippen molar-refractivity contribution in [3.8, 4) is 0 Å². The van der Waals surface area contributed by atoms with Crippen molar-refractivity contribution < 1.29 is 4.43 Å². The Hall–Kier alpha value is 0.177. The first-order chi connectivity index (χ1) is 7.33. The zero-order chi connectivity index (χ0) is 10.9. The van der Waals surface area contributed by atoms with Crippen LogP contribution in [0.2, 0.25) is 6.04 Å². The molecule has 0 aliphatic heterocycles. The largest absolute Gasteiger partial charge is 0.427 e. The smallest absolute Gasteiger partial charge is 0.161 e. The van der Waals surface area contributed by atoms with Gasteiger partial charge in [0.2, 0.25) is 0 Å². The molecular weight excluding hydrogens is 200 g/mol.